The van der Waals surface area contributed by atoms with Gasteiger partial charge in [0, 0.05) is 6.04 Å². The first-order valence-corrected chi connectivity index (χ1v) is 5.71. The van der Waals surface area contributed by atoms with E-state index in [9.17, 15) is 8.40 Å². The topological polar surface area (TPSA) is 67.4 Å². The molecule has 0 aromatic rings. The molecule has 0 saturated heterocycles. The fraction of sp³-hybridized carbons (Fsp3) is 1.00. The van der Waals surface area contributed by atoms with Gasteiger partial charge >= 0.3 is 14.8 Å². The lowest BCUT2D eigenvalue weighted by Crippen LogP contribution is -2.42. The molecule has 5 heteroatoms. The Balaban J connectivity index is 2.05. The first kappa shape index (κ1) is 9.41. The summed E-state index contributed by atoms with van der Waals surface area (Å²) in [6, 6.07) is 0.243. The van der Waals surface area contributed by atoms with Crippen molar-refractivity contribution in [1.82, 2.24) is 5.48 Å². The van der Waals surface area contributed by atoms with Crippen LogP contribution in [-0.2, 0) is 3.93 Å². The standard InChI is InChI=1S/C6H12BrNO3/c9-7(10)11-8-6-4-2-1-3-5-6/h6,8H,1-5H2. The Morgan fingerprint density at radius 3 is 2.36 bits per heavy atom. The van der Waals surface area contributed by atoms with Crippen LogP contribution in [0, 0.1) is 14.8 Å². The van der Waals surface area contributed by atoms with Crippen molar-refractivity contribution in [2.45, 2.75) is 38.1 Å². The van der Waals surface area contributed by atoms with Crippen molar-refractivity contribution in [1.29, 1.82) is 0 Å². The van der Waals surface area contributed by atoms with E-state index in [1.165, 1.54) is 19.3 Å². The molecular weight excluding hydrogens is 214 g/mol. The molecule has 1 aliphatic rings. The minimum Gasteiger partial charge on any atom is -0.371 e. The first-order chi connectivity index (χ1) is 5.29. The first-order valence-electron chi connectivity index (χ1n) is 3.77. The van der Waals surface area contributed by atoms with Gasteiger partial charge < -0.3 is 8.40 Å². The third-order valence-corrected chi connectivity index (χ3v) is 2.33. The molecular formula is C6H12BrNO3. The summed E-state index contributed by atoms with van der Waals surface area (Å²) in [5.74, 6) is 0. The summed E-state index contributed by atoms with van der Waals surface area (Å²) in [7, 11) is 0. The molecule has 1 N–H and O–H groups in total. The van der Waals surface area contributed by atoms with E-state index in [0.29, 0.717) is 0 Å². The van der Waals surface area contributed by atoms with Gasteiger partial charge in [0.05, 0.1) is 3.93 Å². The fourth-order valence-corrected chi connectivity index (χ4v) is 1.74. The molecule has 0 aliphatic heterocycles. The zero-order valence-electron chi connectivity index (χ0n) is 6.22. The summed E-state index contributed by atoms with van der Waals surface area (Å²) in [6.45, 7) is 0. The molecule has 4 nitrogen and oxygen atoms in total. The van der Waals surface area contributed by atoms with Crippen LogP contribution in [0.4, 0.5) is 0 Å². The molecule has 0 aromatic carbocycles. The Morgan fingerprint density at radius 2 is 1.82 bits per heavy atom. The quantitative estimate of drug-likeness (QED) is 0.622. The van der Waals surface area contributed by atoms with Crippen molar-refractivity contribution in [3.8, 4) is 0 Å². The maximum Gasteiger partial charge on any atom is 0.464 e. The minimum absolute atomic E-state index is 0.243. The van der Waals surface area contributed by atoms with Crippen LogP contribution in [0.5, 0.6) is 0 Å². The number of nitrogens with one attached hydrogen (secondary N) is 1. The van der Waals surface area contributed by atoms with E-state index >= 15 is 0 Å². The molecule has 0 amide bonds. The smallest absolute Gasteiger partial charge is 0.371 e. The van der Waals surface area contributed by atoms with Crippen LogP contribution in [0.15, 0.2) is 0 Å². The molecule has 1 saturated carbocycles. The van der Waals surface area contributed by atoms with E-state index in [-0.39, 0.29) is 6.04 Å². The van der Waals surface area contributed by atoms with Gasteiger partial charge in [-0.05, 0) is 12.8 Å². The van der Waals surface area contributed by atoms with Crippen molar-refractivity contribution in [2.75, 3.05) is 0 Å². The summed E-state index contributed by atoms with van der Waals surface area (Å²) in [6.07, 6.45) is 5.64. The largest absolute Gasteiger partial charge is 0.464 e. The molecule has 11 heavy (non-hydrogen) atoms. The lowest BCUT2D eigenvalue weighted by atomic mass is 9.96. The Bertz CT molecular complexity index is 106. The SMILES string of the molecule is [O-][Br+2]([O-])ONC1CCCCC1. The number of hydrogen-bond donors (Lipinski definition) is 1. The number of halogens is 1. The van der Waals surface area contributed by atoms with Gasteiger partial charge in [-0.2, -0.15) is 0 Å². The van der Waals surface area contributed by atoms with Crippen molar-refractivity contribution >= 4 is 0 Å². The Hall–Kier alpha value is 0.320. The van der Waals surface area contributed by atoms with E-state index in [1.54, 1.807) is 0 Å². The second kappa shape index (κ2) is 5.05. The van der Waals surface area contributed by atoms with Crippen LogP contribution < -0.4 is 13.9 Å². The van der Waals surface area contributed by atoms with Gasteiger partial charge in [-0.3, -0.25) is 0 Å². The van der Waals surface area contributed by atoms with Gasteiger partial charge in [-0.25, -0.2) is 0 Å². The third kappa shape index (κ3) is 4.03. The molecule has 0 spiro atoms. The highest BCUT2D eigenvalue weighted by molar-refractivity contribution is 4.67. The molecule has 1 fully saturated rings. The molecule has 66 valence electrons. The molecule has 0 aromatic heterocycles. The summed E-state index contributed by atoms with van der Waals surface area (Å²) < 4.78 is 24.4. The average molecular weight is 226 g/mol. The van der Waals surface area contributed by atoms with Crippen LogP contribution in [0.1, 0.15) is 32.1 Å². The lowest BCUT2D eigenvalue weighted by Gasteiger charge is -2.18. The van der Waals surface area contributed by atoms with Crippen molar-refractivity contribution in [3.05, 3.63) is 0 Å². The third-order valence-electron chi connectivity index (χ3n) is 1.88. The molecule has 0 unspecified atom stereocenters. The average Bonchev–Trinajstić information content (AvgIpc) is 2.03. The monoisotopic (exact) mass is 225 g/mol. The minimum atomic E-state index is -3.06. The predicted molar refractivity (Wildman–Crippen MR) is 31.1 cm³/mol. The number of hydrogen-bond acceptors (Lipinski definition) is 4. The summed E-state index contributed by atoms with van der Waals surface area (Å²) in [5.41, 5.74) is 2.54. The van der Waals surface area contributed by atoms with E-state index < -0.39 is 14.8 Å². The highest BCUT2D eigenvalue weighted by Gasteiger charge is 2.18. The second-order valence-corrected chi connectivity index (χ2v) is 3.84. The van der Waals surface area contributed by atoms with Crippen LogP contribution in [0.25, 0.3) is 0 Å². The second-order valence-electron chi connectivity index (χ2n) is 2.72. The normalized spacial score (nSPS) is 21.0. The summed E-state index contributed by atoms with van der Waals surface area (Å²) in [4.78, 5) is 0. The highest BCUT2D eigenvalue weighted by atomic mass is 80.0. The maximum atomic E-state index is 10.0. The number of hydroxylamine groups is 1. The van der Waals surface area contributed by atoms with E-state index in [2.05, 4.69) is 9.41 Å². The lowest BCUT2D eigenvalue weighted by molar-refractivity contribution is -1.63. The summed E-state index contributed by atoms with van der Waals surface area (Å²) >= 11 is -3.06. The Kier molecular flexibility index (Phi) is 4.32. The molecule has 1 rings (SSSR count). The zero-order valence-corrected chi connectivity index (χ0v) is 7.80. The van der Waals surface area contributed by atoms with E-state index in [1.807, 2.05) is 0 Å². The molecule has 0 radical (unpaired) electrons. The van der Waals surface area contributed by atoms with Gasteiger partial charge in [-0.15, -0.1) is 5.48 Å². The van der Waals surface area contributed by atoms with Gasteiger partial charge in [0.25, 0.3) is 0 Å². The molecule has 1 aliphatic carbocycles. The predicted octanol–water partition coefficient (Wildman–Crippen LogP) is -1.07. The Labute approximate surface area is 71.3 Å². The highest BCUT2D eigenvalue weighted by Crippen LogP contribution is 2.17. The van der Waals surface area contributed by atoms with Crippen LogP contribution >= 0.6 is 0 Å². The van der Waals surface area contributed by atoms with Crippen LogP contribution in [0.3, 0.4) is 0 Å². The van der Waals surface area contributed by atoms with Crippen LogP contribution in [-0.4, -0.2) is 6.04 Å². The van der Waals surface area contributed by atoms with Gasteiger partial charge in [0.15, 0.2) is 0 Å². The van der Waals surface area contributed by atoms with Gasteiger partial charge in [0.2, 0.25) is 0 Å². The van der Waals surface area contributed by atoms with Gasteiger partial charge in [-0.1, -0.05) is 19.3 Å². The molecule has 0 bridgehead atoms. The maximum absolute atomic E-state index is 10.0. The molecule has 0 heterocycles. The zero-order chi connectivity index (χ0) is 8.10. The molecule has 0 atom stereocenters. The number of rotatable bonds is 3. The fourth-order valence-electron chi connectivity index (χ4n) is 1.32. The van der Waals surface area contributed by atoms with Crippen molar-refractivity contribution in [2.24, 2.45) is 0 Å². The van der Waals surface area contributed by atoms with Crippen molar-refractivity contribution < 1.29 is 27.1 Å². The van der Waals surface area contributed by atoms with Gasteiger partial charge in [0.1, 0.15) is 0 Å². The van der Waals surface area contributed by atoms with Crippen LogP contribution in [0.2, 0.25) is 0 Å². The van der Waals surface area contributed by atoms with Crippen molar-refractivity contribution in [3.63, 3.8) is 0 Å². The summed E-state index contributed by atoms with van der Waals surface area (Å²) in [5, 5.41) is 0. The van der Waals surface area contributed by atoms with E-state index in [0.717, 1.165) is 12.8 Å². The van der Waals surface area contributed by atoms with E-state index in [4.69, 9.17) is 0 Å². The Morgan fingerprint density at radius 1 is 1.18 bits per heavy atom.